The van der Waals surface area contributed by atoms with Crippen LogP contribution in [0.2, 0.25) is 0 Å². The van der Waals surface area contributed by atoms with E-state index in [1.54, 1.807) is 0 Å². The number of fused-ring (bicyclic) bond motifs is 3. The van der Waals surface area contributed by atoms with Crippen LogP contribution < -0.4 is 10.6 Å². The minimum absolute atomic E-state index is 0.0415. The number of pyridine rings is 1. The van der Waals surface area contributed by atoms with Gasteiger partial charge in [-0.3, -0.25) is 4.98 Å². The van der Waals surface area contributed by atoms with Gasteiger partial charge in [0, 0.05) is 24.3 Å². The summed E-state index contributed by atoms with van der Waals surface area (Å²) >= 11 is 0. The molecule has 27 heavy (non-hydrogen) atoms. The molecule has 4 heterocycles. The maximum atomic E-state index is 12.6. The minimum atomic E-state index is -0.284. The number of benzene rings is 1. The summed E-state index contributed by atoms with van der Waals surface area (Å²) in [5.74, 6) is 0.638. The second kappa shape index (κ2) is 6.64. The molecule has 3 saturated heterocycles. The van der Waals surface area contributed by atoms with Crippen molar-refractivity contribution in [1.29, 1.82) is 0 Å². The Morgan fingerprint density at radius 3 is 2.41 bits per heavy atom. The Morgan fingerprint density at radius 1 is 1.04 bits per heavy atom. The molecule has 2 amide bonds. The molecule has 2 aromatic rings. The fourth-order valence-corrected chi connectivity index (χ4v) is 4.60. The Labute approximate surface area is 160 Å². The highest BCUT2D eigenvalue weighted by atomic mass is 16.2. The Hall–Kier alpha value is -2.40. The van der Waals surface area contributed by atoms with Gasteiger partial charge >= 0.3 is 6.03 Å². The molecule has 4 fully saturated rings. The van der Waals surface area contributed by atoms with Gasteiger partial charge in [-0.25, -0.2) is 4.79 Å². The van der Waals surface area contributed by atoms with Crippen LogP contribution in [0.5, 0.6) is 0 Å². The average molecular weight is 362 g/mol. The maximum Gasteiger partial charge on any atom is 0.315 e. The summed E-state index contributed by atoms with van der Waals surface area (Å²) in [6.07, 6.45) is 6.24. The number of carbonyl (C=O) groups is 1. The third-order valence-electron chi connectivity index (χ3n) is 6.44. The average Bonchev–Trinajstić information content (AvgIpc) is 3.50. The molecule has 1 unspecified atom stereocenters. The number of hydrogen-bond acceptors (Lipinski definition) is 3. The lowest BCUT2D eigenvalue weighted by molar-refractivity contribution is 0.0762. The highest BCUT2D eigenvalue weighted by molar-refractivity contribution is 5.76. The molecule has 0 spiro atoms. The Balaban J connectivity index is 1.24. The molecule has 0 radical (unpaired) electrons. The Kier molecular flexibility index (Phi) is 4.12. The van der Waals surface area contributed by atoms with Crippen molar-refractivity contribution in [2.45, 2.75) is 37.3 Å². The van der Waals surface area contributed by atoms with Crippen molar-refractivity contribution in [3.63, 3.8) is 0 Å². The number of nitrogens with zero attached hydrogens (tertiary/aromatic N) is 2. The zero-order valence-electron chi connectivity index (χ0n) is 15.5. The van der Waals surface area contributed by atoms with Gasteiger partial charge in [-0.1, -0.05) is 36.4 Å². The highest BCUT2D eigenvalue weighted by Gasteiger charge is 2.47. The number of carbonyl (C=O) groups excluding carboxylic acids is 1. The van der Waals surface area contributed by atoms with E-state index in [0.717, 1.165) is 36.2 Å². The summed E-state index contributed by atoms with van der Waals surface area (Å²) in [6.45, 7) is 3.37. The monoisotopic (exact) mass is 362 g/mol. The Morgan fingerprint density at radius 2 is 1.81 bits per heavy atom. The van der Waals surface area contributed by atoms with Gasteiger partial charge in [-0.2, -0.15) is 0 Å². The van der Waals surface area contributed by atoms with Crippen molar-refractivity contribution in [3.8, 4) is 11.1 Å². The molecule has 5 nitrogen and oxygen atoms in total. The molecule has 4 aliphatic rings. The van der Waals surface area contributed by atoms with Crippen LogP contribution in [0.15, 0.2) is 48.7 Å². The number of nitrogens with one attached hydrogen (secondary N) is 2. The lowest BCUT2D eigenvalue weighted by Gasteiger charge is -2.45. The number of rotatable bonds is 4. The van der Waals surface area contributed by atoms with Crippen molar-refractivity contribution >= 4 is 6.03 Å². The first-order valence-corrected chi connectivity index (χ1v) is 10.0. The van der Waals surface area contributed by atoms with Crippen LogP contribution in [0.4, 0.5) is 4.79 Å². The number of hydrogen-bond donors (Lipinski definition) is 2. The summed E-state index contributed by atoms with van der Waals surface area (Å²) in [5.41, 5.74) is 2.94. The van der Waals surface area contributed by atoms with E-state index in [-0.39, 0.29) is 17.6 Å². The fourth-order valence-electron chi connectivity index (χ4n) is 4.60. The summed E-state index contributed by atoms with van der Waals surface area (Å²) < 4.78 is 0. The van der Waals surface area contributed by atoms with Gasteiger partial charge in [-0.15, -0.1) is 0 Å². The lowest BCUT2D eigenvalue weighted by Crippen LogP contribution is -2.59. The van der Waals surface area contributed by atoms with E-state index in [9.17, 15) is 4.79 Å². The van der Waals surface area contributed by atoms with Gasteiger partial charge in [0.25, 0.3) is 0 Å². The van der Waals surface area contributed by atoms with Gasteiger partial charge in [0.15, 0.2) is 0 Å². The fraction of sp³-hybridized carbons (Fsp3) is 0.455. The molecule has 1 saturated carbocycles. The van der Waals surface area contributed by atoms with Crippen LogP contribution in [0.25, 0.3) is 11.1 Å². The highest BCUT2D eigenvalue weighted by Crippen LogP contribution is 2.44. The van der Waals surface area contributed by atoms with Crippen LogP contribution in [-0.4, -0.2) is 41.6 Å². The van der Waals surface area contributed by atoms with Crippen LogP contribution in [0.3, 0.4) is 0 Å². The van der Waals surface area contributed by atoms with Crippen molar-refractivity contribution in [1.82, 2.24) is 20.5 Å². The van der Waals surface area contributed by atoms with Crippen molar-refractivity contribution < 1.29 is 4.79 Å². The smallest absolute Gasteiger partial charge is 0.315 e. The zero-order chi connectivity index (χ0) is 18.3. The van der Waals surface area contributed by atoms with E-state index < -0.39 is 0 Å². The third-order valence-corrected chi connectivity index (χ3v) is 6.44. The van der Waals surface area contributed by atoms with Gasteiger partial charge < -0.3 is 15.5 Å². The van der Waals surface area contributed by atoms with Crippen LogP contribution >= 0.6 is 0 Å². The number of urea groups is 1. The molecule has 5 heteroatoms. The molecule has 3 aliphatic heterocycles. The predicted molar refractivity (Wildman–Crippen MR) is 105 cm³/mol. The van der Waals surface area contributed by atoms with Gasteiger partial charge in [0.1, 0.15) is 0 Å². The molecule has 2 N–H and O–H groups in total. The van der Waals surface area contributed by atoms with Crippen LogP contribution in [0, 0.1) is 5.92 Å². The Bertz CT molecular complexity index is 808. The van der Waals surface area contributed by atoms with Crippen LogP contribution in [0.1, 0.15) is 31.4 Å². The van der Waals surface area contributed by atoms with Crippen molar-refractivity contribution in [2.75, 3.05) is 19.6 Å². The first kappa shape index (κ1) is 16.8. The maximum absolute atomic E-state index is 12.6. The summed E-state index contributed by atoms with van der Waals surface area (Å²) in [5, 5.41) is 6.45. The first-order valence-electron chi connectivity index (χ1n) is 10.0. The normalized spacial score (nSPS) is 27.8. The summed E-state index contributed by atoms with van der Waals surface area (Å²) in [6, 6.07) is 14.7. The van der Waals surface area contributed by atoms with E-state index in [1.807, 2.05) is 24.4 Å². The molecule has 1 aliphatic carbocycles. The van der Waals surface area contributed by atoms with Gasteiger partial charge in [-0.05, 0) is 56.3 Å². The van der Waals surface area contributed by atoms with Gasteiger partial charge in [0.05, 0.1) is 11.2 Å². The van der Waals surface area contributed by atoms with E-state index in [2.05, 4.69) is 44.8 Å². The summed E-state index contributed by atoms with van der Waals surface area (Å²) in [7, 11) is 0. The van der Waals surface area contributed by atoms with E-state index >= 15 is 0 Å². The topological polar surface area (TPSA) is 57.3 Å². The second-order valence-corrected chi connectivity index (χ2v) is 8.22. The van der Waals surface area contributed by atoms with E-state index in [0.29, 0.717) is 5.92 Å². The van der Waals surface area contributed by atoms with E-state index in [1.165, 1.54) is 25.9 Å². The quantitative estimate of drug-likeness (QED) is 0.879. The number of amides is 2. The third kappa shape index (κ3) is 3.32. The molecule has 1 aromatic carbocycles. The van der Waals surface area contributed by atoms with Crippen molar-refractivity contribution in [2.24, 2.45) is 5.92 Å². The number of piperidine rings is 3. The van der Waals surface area contributed by atoms with E-state index in [4.69, 9.17) is 0 Å². The van der Waals surface area contributed by atoms with Gasteiger partial charge in [0.2, 0.25) is 0 Å². The molecule has 1 aromatic heterocycles. The molecular formula is C22H26N4O. The zero-order valence-corrected chi connectivity index (χ0v) is 15.5. The lowest BCUT2D eigenvalue weighted by atomic mass is 9.84. The molecule has 140 valence electrons. The molecule has 2 bridgehead atoms. The standard InChI is InChI=1S/C22H26N4O/c27-21(24-19-15-26-12-8-17(19)9-13-26)25-22(10-11-22)20-7-6-18(14-23-20)16-4-2-1-3-5-16/h1-7,14,17,19H,8-13,15H2,(H2,24,25,27). The predicted octanol–water partition coefficient (Wildman–Crippen LogP) is 3.13. The van der Waals surface area contributed by atoms with Crippen LogP contribution in [-0.2, 0) is 5.54 Å². The summed E-state index contributed by atoms with van der Waals surface area (Å²) in [4.78, 5) is 19.8. The molecular weight excluding hydrogens is 336 g/mol. The molecule has 1 atom stereocenters. The largest absolute Gasteiger partial charge is 0.334 e. The first-order chi connectivity index (χ1) is 13.2. The minimum Gasteiger partial charge on any atom is -0.334 e. The SMILES string of the molecule is O=C(NC1CN2CCC1CC2)NC1(c2ccc(-c3ccccc3)cn2)CC1. The second-order valence-electron chi connectivity index (χ2n) is 8.22. The van der Waals surface area contributed by atoms with Crippen molar-refractivity contribution in [3.05, 3.63) is 54.4 Å². The number of aromatic nitrogens is 1. The molecule has 6 rings (SSSR count).